The molecule has 1 aliphatic heterocycles. The Labute approximate surface area is 175 Å². The standard InChI is InChI=1S/C25H38O4/c1-4-17-20-14-16(26)7-9-25(20,3)19-8-10-24(2)15(13-21-28-11-12-29-21)5-6-18(24)22(19)23(17)27/h15,17-22H,4-14H2,1-3H3. The van der Waals surface area contributed by atoms with Crippen LogP contribution in [0, 0.1) is 46.3 Å². The average Bonchev–Trinajstić information content (AvgIpc) is 3.32. The Morgan fingerprint density at radius 3 is 2.38 bits per heavy atom. The Morgan fingerprint density at radius 2 is 1.66 bits per heavy atom. The Balaban J connectivity index is 1.44. The number of hydrogen-bond donors (Lipinski definition) is 0. The molecule has 4 nitrogen and oxygen atoms in total. The summed E-state index contributed by atoms with van der Waals surface area (Å²) >= 11 is 0. The lowest BCUT2D eigenvalue weighted by molar-refractivity contribution is -0.170. The fourth-order valence-electron chi connectivity index (χ4n) is 8.72. The maximum absolute atomic E-state index is 13.9. The van der Waals surface area contributed by atoms with Crippen LogP contribution in [0.25, 0.3) is 0 Å². The van der Waals surface area contributed by atoms with Crippen LogP contribution < -0.4 is 0 Å². The third-order valence-corrected chi connectivity index (χ3v) is 10.3. The van der Waals surface area contributed by atoms with E-state index in [-0.39, 0.29) is 34.9 Å². The zero-order valence-electron chi connectivity index (χ0n) is 18.5. The molecule has 0 radical (unpaired) electrons. The van der Waals surface area contributed by atoms with Gasteiger partial charge in [-0.1, -0.05) is 20.8 Å². The summed E-state index contributed by atoms with van der Waals surface area (Å²) in [6.45, 7) is 8.51. The van der Waals surface area contributed by atoms with E-state index in [0.29, 0.717) is 35.7 Å². The van der Waals surface area contributed by atoms with Gasteiger partial charge >= 0.3 is 0 Å². The SMILES string of the molecule is CCC1C(=O)C2C3CCC(CC4OCCO4)C3(C)CCC2C2(C)CCC(=O)CC12. The summed E-state index contributed by atoms with van der Waals surface area (Å²) in [5.41, 5.74) is 0.405. The van der Waals surface area contributed by atoms with Crippen molar-refractivity contribution in [3.05, 3.63) is 0 Å². The number of ketones is 2. The highest BCUT2D eigenvalue weighted by molar-refractivity contribution is 5.88. The van der Waals surface area contributed by atoms with E-state index in [1.165, 1.54) is 19.3 Å². The van der Waals surface area contributed by atoms with Gasteiger partial charge in [-0.3, -0.25) is 9.59 Å². The summed E-state index contributed by atoms with van der Waals surface area (Å²) in [5, 5.41) is 0. The molecule has 5 aliphatic rings. The molecule has 162 valence electrons. The second kappa shape index (κ2) is 7.15. The van der Waals surface area contributed by atoms with Gasteiger partial charge in [0, 0.05) is 31.1 Å². The molecule has 8 unspecified atom stereocenters. The second-order valence-corrected chi connectivity index (χ2v) is 11.2. The average molecular weight is 403 g/mol. The lowest BCUT2D eigenvalue weighted by Crippen LogP contribution is -2.60. The quantitative estimate of drug-likeness (QED) is 0.681. The van der Waals surface area contributed by atoms with Gasteiger partial charge in [-0.05, 0) is 73.0 Å². The van der Waals surface area contributed by atoms with Crippen molar-refractivity contribution in [1.29, 1.82) is 0 Å². The monoisotopic (exact) mass is 402 g/mol. The van der Waals surface area contributed by atoms with Gasteiger partial charge in [0.15, 0.2) is 6.29 Å². The topological polar surface area (TPSA) is 52.6 Å². The van der Waals surface area contributed by atoms with Crippen LogP contribution in [0.2, 0.25) is 0 Å². The van der Waals surface area contributed by atoms with Gasteiger partial charge in [-0.15, -0.1) is 0 Å². The van der Waals surface area contributed by atoms with E-state index < -0.39 is 0 Å². The first-order chi connectivity index (χ1) is 13.9. The second-order valence-electron chi connectivity index (χ2n) is 11.2. The highest BCUT2D eigenvalue weighted by Gasteiger charge is 2.64. The van der Waals surface area contributed by atoms with E-state index in [9.17, 15) is 9.59 Å². The third-order valence-electron chi connectivity index (χ3n) is 10.3. The van der Waals surface area contributed by atoms with Gasteiger partial charge in [0.2, 0.25) is 0 Å². The van der Waals surface area contributed by atoms with Gasteiger partial charge in [0.05, 0.1) is 13.2 Å². The fourth-order valence-corrected chi connectivity index (χ4v) is 8.72. The highest BCUT2D eigenvalue weighted by atomic mass is 16.7. The summed E-state index contributed by atoms with van der Waals surface area (Å²) in [4.78, 5) is 26.2. The molecule has 4 aliphatic carbocycles. The molecule has 0 amide bonds. The number of Topliss-reactive ketones (excluding diaryl/α,β-unsaturated/α-hetero) is 2. The van der Waals surface area contributed by atoms with Crippen molar-refractivity contribution in [2.24, 2.45) is 46.3 Å². The summed E-state index contributed by atoms with van der Waals surface area (Å²) < 4.78 is 11.6. The maximum Gasteiger partial charge on any atom is 0.158 e. The van der Waals surface area contributed by atoms with Gasteiger partial charge in [0.25, 0.3) is 0 Å². The fraction of sp³-hybridized carbons (Fsp3) is 0.920. The van der Waals surface area contributed by atoms with Crippen LogP contribution >= 0.6 is 0 Å². The third kappa shape index (κ3) is 2.91. The lowest BCUT2D eigenvalue weighted by atomic mass is 9.42. The molecule has 4 saturated carbocycles. The van der Waals surface area contributed by atoms with Crippen LogP contribution in [-0.2, 0) is 19.1 Å². The van der Waals surface area contributed by atoms with Crippen molar-refractivity contribution in [2.75, 3.05) is 13.2 Å². The summed E-state index contributed by atoms with van der Waals surface area (Å²) in [5.74, 6) is 3.07. The lowest BCUT2D eigenvalue weighted by Gasteiger charge is -2.61. The van der Waals surface area contributed by atoms with Crippen molar-refractivity contribution in [1.82, 2.24) is 0 Å². The van der Waals surface area contributed by atoms with Crippen LogP contribution in [0.3, 0.4) is 0 Å². The summed E-state index contributed by atoms with van der Waals surface area (Å²) in [6, 6.07) is 0. The number of carbonyl (C=O) groups is 2. The number of fused-ring (bicyclic) bond motifs is 5. The molecule has 1 saturated heterocycles. The van der Waals surface area contributed by atoms with Crippen LogP contribution in [0.4, 0.5) is 0 Å². The molecular weight excluding hydrogens is 364 g/mol. The molecular formula is C25H38O4. The van der Waals surface area contributed by atoms with E-state index in [1.807, 2.05) is 0 Å². The molecule has 0 bridgehead atoms. The molecule has 0 spiro atoms. The molecule has 0 aromatic carbocycles. The summed E-state index contributed by atoms with van der Waals surface area (Å²) in [7, 11) is 0. The molecule has 0 aromatic heterocycles. The minimum absolute atomic E-state index is 0.0370. The van der Waals surface area contributed by atoms with E-state index in [0.717, 1.165) is 45.3 Å². The highest BCUT2D eigenvalue weighted by Crippen LogP contribution is 2.68. The van der Waals surface area contributed by atoms with Crippen LogP contribution in [0.5, 0.6) is 0 Å². The number of ether oxygens (including phenoxy) is 2. The van der Waals surface area contributed by atoms with E-state index in [1.54, 1.807) is 0 Å². The number of hydrogen-bond acceptors (Lipinski definition) is 4. The van der Waals surface area contributed by atoms with Gasteiger partial charge in [-0.25, -0.2) is 0 Å². The minimum atomic E-state index is -0.0370. The molecule has 5 rings (SSSR count). The largest absolute Gasteiger partial charge is 0.350 e. The van der Waals surface area contributed by atoms with Gasteiger partial charge in [0.1, 0.15) is 11.6 Å². The van der Waals surface area contributed by atoms with Crippen molar-refractivity contribution in [3.8, 4) is 0 Å². The van der Waals surface area contributed by atoms with E-state index >= 15 is 0 Å². The molecule has 4 heteroatoms. The molecule has 5 fully saturated rings. The van der Waals surface area contributed by atoms with Crippen molar-refractivity contribution in [2.45, 2.75) is 84.8 Å². The predicted octanol–water partition coefficient (Wildman–Crippen LogP) is 4.79. The summed E-state index contributed by atoms with van der Waals surface area (Å²) in [6.07, 6.45) is 8.97. The number of carbonyl (C=O) groups excluding carboxylic acids is 2. The first kappa shape index (κ1) is 20.2. The van der Waals surface area contributed by atoms with Gasteiger partial charge < -0.3 is 9.47 Å². The molecule has 0 N–H and O–H groups in total. The van der Waals surface area contributed by atoms with Crippen molar-refractivity contribution in [3.63, 3.8) is 0 Å². The zero-order chi connectivity index (χ0) is 20.4. The Hall–Kier alpha value is -0.740. The maximum atomic E-state index is 13.9. The minimum Gasteiger partial charge on any atom is -0.350 e. The Kier molecular flexibility index (Phi) is 4.98. The Bertz CT molecular complexity index is 682. The van der Waals surface area contributed by atoms with Gasteiger partial charge in [-0.2, -0.15) is 0 Å². The van der Waals surface area contributed by atoms with Crippen molar-refractivity contribution >= 4 is 11.6 Å². The normalized spacial score (nSPS) is 50.3. The first-order valence-corrected chi connectivity index (χ1v) is 12.2. The number of rotatable bonds is 3. The first-order valence-electron chi connectivity index (χ1n) is 12.2. The molecule has 8 atom stereocenters. The predicted molar refractivity (Wildman–Crippen MR) is 110 cm³/mol. The van der Waals surface area contributed by atoms with E-state index in [4.69, 9.17) is 9.47 Å². The van der Waals surface area contributed by atoms with Crippen LogP contribution in [-0.4, -0.2) is 31.1 Å². The molecule has 1 heterocycles. The molecule has 0 aromatic rings. The van der Waals surface area contributed by atoms with Crippen LogP contribution in [0.1, 0.15) is 78.6 Å². The Morgan fingerprint density at radius 1 is 0.931 bits per heavy atom. The van der Waals surface area contributed by atoms with Crippen molar-refractivity contribution < 1.29 is 19.1 Å². The molecule has 29 heavy (non-hydrogen) atoms. The van der Waals surface area contributed by atoms with E-state index in [2.05, 4.69) is 20.8 Å². The smallest absolute Gasteiger partial charge is 0.158 e. The zero-order valence-corrected chi connectivity index (χ0v) is 18.5. The van der Waals surface area contributed by atoms with Crippen LogP contribution in [0.15, 0.2) is 0 Å².